The second kappa shape index (κ2) is 7.31. The molecule has 9 heteroatoms. The van der Waals surface area contributed by atoms with Crippen LogP contribution in [0.2, 0.25) is 0 Å². The second-order valence-electron chi connectivity index (χ2n) is 5.36. The normalized spacial score (nSPS) is 13.1. The first kappa shape index (κ1) is 16.9. The zero-order valence-electron chi connectivity index (χ0n) is 13.1. The molecule has 3 rings (SSSR count). The van der Waals surface area contributed by atoms with Crippen LogP contribution in [-0.4, -0.2) is 36.4 Å². The van der Waals surface area contributed by atoms with Crippen LogP contribution in [0.15, 0.2) is 35.7 Å². The molecule has 0 saturated carbocycles. The smallest absolute Gasteiger partial charge is 0.271 e. The molecule has 8 nitrogen and oxygen atoms in total. The Morgan fingerprint density at radius 3 is 2.96 bits per heavy atom. The number of benzene rings is 1. The van der Waals surface area contributed by atoms with E-state index in [1.54, 1.807) is 11.3 Å². The molecular weight excluding hydrogens is 346 g/mol. The van der Waals surface area contributed by atoms with E-state index >= 15 is 0 Å². The van der Waals surface area contributed by atoms with Gasteiger partial charge in [-0.25, -0.2) is 0 Å². The highest BCUT2D eigenvalue weighted by atomic mass is 32.1. The minimum absolute atomic E-state index is 0.167. The molecule has 0 bridgehead atoms. The van der Waals surface area contributed by atoms with E-state index in [2.05, 4.69) is 5.32 Å². The molecule has 0 spiro atoms. The zero-order chi connectivity index (χ0) is 17.8. The van der Waals surface area contributed by atoms with Crippen LogP contribution >= 0.6 is 11.3 Å². The van der Waals surface area contributed by atoms with E-state index < -0.39 is 10.8 Å². The van der Waals surface area contributed by atoms with Crippen molar-refractivity contribution < 1.29 is 19.2 Å². The fraction of sp³-hybridized carbons (Fsp3) is 0.250. The van der Waals surface area contributed by atoms with Crippen molar-refractivity contribution in [2.24, 2.45) is 0 Å². The number of carbonyl (C=O) groups excluding carboxylic acids is 2. The third-order valence-electron chi connectivity index (χ3n) is 3.67. The topological polar surface area (TPSA) is 102 Å². The van der Waals surface area contributed by atoms with Crippen LogP contribution in [0, 0.1) is 10.1 Å². The molecule has 2 amide bonds. The summed E-state index contributed by atoms with van der Waals surface area (Å²) in [6, 6.07) is 7.90. The molecule has 1 aromatic carbocycles. The van der Waals surface area contributed by atoms with Crippen molar-refractivity contribution in [2.75, 3.05) is 24.6 Å². The molecule has 0 atom stereocenters. The van der Waals surface area contributed by atoms with Gasteiger partial charge >= 0.3 is 0 Å². The summed E-state index contributed by atoms with van der Waals surface area (Å²) in [5, 5.41) is 15.7. The summed E-state index contributed by atoms with van der Waals surface area (Å²) in [6.45, 7) is 0.0494. The number of fused-ring (bicyclic) bond motifs is 1. The number of hydrogen-bond donors (Lipinski definition) is 1. The van der Waals surface area contributed by atoms with Gasteiger partial charge in [-0.1, -0.05) is 6.07 Å². The maximum absolute atomic E-state index is 12.1. The van der Waals surface area contributed by atoms with E-state index in [0.29, 0.717) is 18.7 Å². The van der Waals surface area contributed by atoms with Crippen LogP contribution in [0.3, 0.4) is 0 Å². The molecule has 1 N–H and O–H groups in total. The van der Waals surface area contributed by atoms with Gasteiger partial charge in [0.25, 0.3) is 11.6 Å². The predicted octanol–water partition coefficient (Wildman–Crippen LogP) is 1.74. The van der Waals surface area contributed by atoms with Crippen LogP contribution in [0.25, 0.3) is 0 Å². The lowest BCUT2D eigenvalue weighted by atomic mass is 10.2. The quantitative estimate of drug-likeness (QED) is 0.624. The van der Waals surface area contributed by atoms with Gasteiger partial charge in [0.15, 0.2) is 6.61 Å². The number of rotatable bonds is 6. The third-order valence-corrected chi connectivity index (χ3v) is 4.61. The van der Waals surface area contributed by atoms with Gasteiger partial charge in [-0.2, -0.15) is 0 Å². The number of amides is 2. The number of nitro groups is 1. The first-order chi connectivity index (χ1) is 12.0. The Morgan fingerprint density at radius 2 is 2.24 bits per heavy atom. The fourth-order valence-corrected chi connectivity index (χ4v) is 3.17. The van der Waals surface area contributed by atoms with Gasteiger partial charge in [0, 0.05) is 23.6 Å². The minimum atomic E-state index is -0.557. The van der Waals surface area contributed by atoms with Crippen LogP contribution in [0.1, 0.15) is 4.88 Å². The highest BCUT2D eigenvalue weighted by Gasteiger charge is 2.29. The van der Waals surface area contributed by atoms with Crippen molar-refractivity contribution >= 4 is 34.5 Å². The Kier molecular flexibility index (Phi) is 4.94. The Hall–Kier alpha value is -2.94. The maximum atomic E-state index is 12.1. The molecule has 1 aliphatic rings. The lowest BCUT2D eigenvalue weighted by Crippen LogP contribution is -2.45. The SMILES string of the molecule is O=C(CN1C(=O)COc2ccc([N+](=O)[O-])cc21)NCCc1cccs1. The second-order valence-corrected chi connectivity index (χ2v) is 6.39. The van der Waals surface area contributed by atoms with Crippen molar-refractivity contribution in [1.29, 1.82) is 0 Å². The highest BCUT2D eigenvalue weighted by molar-refractivity contribution is 7.09. The molecule has 130 valence electrons. The van der Waals surface area contributed by atoms with Crippen molar-refractivity contribution in [1.82, 2.24) is 5.32 Å². The van der Waals surface area contributed by atoms with E-state index in [0.717, 1.165) is 4.88 Å². The number of non-ortho nitro benzene ring substituents is 1. The summed E-state index contributed by atoms with van der Waals surface area (Å²) in [6.07, 6.45) is 0.711. The summed E-state index contributed by atoms with van der Waals surface area (Å²) in [7, 11) is 0. The number of nitrogens with one attached hydrogen (secondary N) is 1. The summed E-state index contributed by atoms with van der Waals surface area (Å²) in [5.41, 5.74) is 0.0685. The summed E-state index contributed by atoms with van der Waals surface area (Å²) >= 11 is 1.61. The van der Waals surface area contributed by atoms with Crippen molar-refractivity contribution in [3.05, 3.63) is 50.7 Å². The van der Waals surface area contributed by atoms with Crippen LogP contribution < -0.4 is 15.0 Å². The van der Waals surface area contributed by atoms with Crippen LogP contribution in [0.5, 0.6) is 5.75 Å². The number of thiophene rings is 1. The first-order valence-corrected chi connectivity index (χ1v) is 8.43. The van der Waals surface area contributed by atoms with Crippen molar-refractivity contribution in [3.63, 3.8) is 0 Å². The molecule has 0 aliphatic carbocycles. The number of nitro benzene ring substituents is 1. The largest absolute Gasteiger partial charge is 0.482 e. The van der Waals surface area contributed by atoms with E-state index in [9.17, 15) is 19.7 Å². The summed E-state index contributed by atoms with van der Waals surface area (Å²) in [4.78, 5) is 37.0. The van der Waals surface area contributed by atoms with Gasteiger partial charge in [-0.05, 0) is 23.9 Å². The number of carbonyl (C=O) groups is 2. The molecular formula is C16H15N3O5S. The van der Waals surface area contributed by atoms with Gasteiger partial charge in [-0.15, -0.1) is 11.3 Å². The Labute approximate surface area is 147 Å². The average Bonchev–Trinajstić information content (AvgIpc) is 3.10. The summed E-state index contributed by atoms with van der Waals surface area (Å²) in [5.74, 6) is -0.401. The van der Waals surface area contributed by atoms with Crippen molar-refractivity contribution in [2.45, 2.75) is 6.42 Å². The Bertz CT molecular complexity index is 806. The lowest BCUT2D eigenvalue weighted by Gasteiger charge is -2.28. The number of anilines is 1. The molecule has 0 saturated heterocycles. The Balaban J connectivity index is 1.67. The lowest BCUT2D eigenvalue weighted by molar-refractivity contribution is -0.384. The van der Waals surface area contributed by atoms with Gasteiger partial charge in [-0.3, -0.25) is 24.6 Å². The first-order valence-electron chi connectivity index (χ1n) is 7.55. The molecule has 2 aromatic rings. The molecule has 1 aromatic heterocycles. The number of hydrogen-bond acceptors (Lipinski definition) is 6. The van der Waals surface area contributed by atoms with E-state index in [4.69, 9.17) is 4.74 Å². The predicted molar refractivity (Wildman–Crippen MR) is 92.0 cm³/mol. The monoisotopic (exact) mass is 361 g/mol. The average molecular weight is 361 g/mol. The van der Waals surface area contributed by atoms with Gasteiger partial charge in [0.05, 0.1) is 10.6 Å². The van der Waals surface area contributed by atoms with E-state index in [1.165, 1.54) is 23.1 Å². The molecule has 0 radical (unpaired) electrons. The molecule has 0 unspecified atom stereocenters. The van der Waals surface area contributed by atoms with Gasteiger partial charge in [0.1, 0.15) is 12.3 Å². The standard InChI is InChI=1S/C16H15N3O5S/c20-15(17-6-5-12-2-1-7-25-12)9-18-13-8-11(19(22)23)3-4-14(13)24-10-16(18)21/h1-4,7-8H,5-6,9-10H2,(H,17,20). The minimum Gasteiger partial charge on any atom is -0.482 e. The van der Waals surface area contributed by atoms with Gasteiger partial charge in [0.2, 0.25) is 5.91 Å². The van der Waals surface area contributed by atoms with E-state index in [-0.39, 0.29) is 30.4 Å². The Morgan fingerprint density at radius 1 is 1.40 bits per heavy atom. The van der Waals surface area contributed by atoms with Crippen LogP contribution in [-0.2, 0) is 16.0 Å². The van der Waals surface area contributed by atoms with E-state index in [1.807, 2.05) is 17.5 Å². The summed E-state index contributed by atoms with van der Waals surface area (Å²) < 4.78 is 5.27. The molecule has 1 aliphatic heterocycles. The molecule has 0 fully saturated rings. The number of nitrogens with zero attached hydrogens (tertiary/aromatic N) is 2. The zero-order valence-corrected chi connectivity index (χ0v) is 14.0. The van der Waals surface area contributed by atoms with Crippen LogP contribution in [0.4, 0.5) is 11.4 Å². The fourth-order valence-electron chi connectivity index (χ4n) is 2.46. The molecule has 25 heavy (non-hydrogen) atoms. The third kappa shape index (κ3) is 3.94. The highest BCUT2D eigenvalue weighted by Crippen LogP contribution is 2.35. The maximum Gasteiger partial charge on any atom is 0.271 e. The van der Waals surface area contributed by atoms with Gasteiger partial charge < -0.3 is 10.1 Å². The molecule has 2 heterocycles. The van der Waals surface area contributed by atoms with Crippen molar-refractivity contribution in [3.8, 4) is 5.75 Å². The number of ether oxygens (including phenoxy) is 1.